The van der Waals surface area contributed by atoms with Crippen LogP contribution in [0.15, 0.2) is 54.7 Å². The topological polar surface area (TPSA) is 56.5 Å². The van der Waals surface area contributed by atoms with Gasteiger partial charge in [-0.2, -0.15) is 0 Å². The molecule has 5 rings (SSSR count). The van der Waals surface area contributed by atoms with Crippen molar-refractivity contribution in [3.05, 3.63) is 65.4 Å². The number of carbonyl (C=O) groups is 2. The minimum Gasteiger partial charge on any atom is -0.459 e. The Hall–Kier alpha value is -3.25. The van der Waals surface area contributed by atoms with Crippen LogP contribution in [-0.4, -0.2) is 33.2 Å². The van der Waals surface area contributed by atoms with Crippen molar-refractivity contribution >= 4 is 51.0 Å². The molecule has 0 fully saturated rings. The number of benzene rings is 2. The summed E-state index contributed by atoms with van der Waals surface area (Å²) in [5, 5.41) is 2.37. The standard InChI is InChI=1S/C25H24ClN3O3/c1-25(2,3)32-21(30)15-27-11-10-16-8-9-17(14-20(16)27)28-12-13-29-19-7-5-4-6-18(19)22(26)23(29)24(28)31/h4-11,14H,12-13,15H2,1-3H3. The molecule has 0 radical (unpaired) electrons. The number of aromatic nitrogens is 2. The van der Waals surface area contributed by atoms with Gasteiger partial charge in [0, 0.05) is 30.4 Å². The number of ether oxygens (including phenoxy) is 1. The van der Waals surface area contributed by atoms with Crippen LogP contribution in [0.1, 0.15) is 31.3 Å². The van der Waals surface area contributed by atoms with Crippen molar-refractivity contribution in [3.63, 3.8) is 0 Å². The van der Waals surface area contributed by atoms with Crippen LogP contribution >= 0.6 is 11.6 Å². The van der Waals surface area contributed by atoms with E-state index in [1.54, 1.807) is 4.90 Å². The molecule has 164 valence electrons. The first kappa shape index (κ1) is 20.6. The van der Waals surface area contributed by atoms with Crippen molar-refractivity contribution in [2.24, 2.45) is 0 Å². The van der Waals surface area contributed by atoms with Gasteiger partial charge >= 0.3 is 5.97 Å². The molecule has 0 saturated carbocycles. The molecule has 0 saturated heterocycles. The second-order valence-electron chi connectivity index (χ2n) is 9.06. The van der Waals surface area contributed by atoms with E-state index in [9.17, 15) is 9.59 Å². The second-order valence-corrected chi connectivity index (χ2v) is 9.44. The number of para-hydroxylation sites is 1. The zero-order chi connectivity index (χ0) is 22.6. The fourth-order valence-electron chi connectivity index (χ4n) is 4.37. The van der Waals surface area contributed by atoms with Crippen molar-refractivity contribution in [2.75, 3.05) is 11.4 Å². The third kappa shape index (κ3) is 3.45. The lowest BCUT2D eigenvalue weighted by molar-refractivity contribution is -0.155. The number of esters is 1. The van der Waals surface area contributed by atoms with Gasteiger partial charge in [0.15, 0.2) is 0 Å². The zero-order valence-electron chi connectivity index (χ0n) is 18.3. The molecule has 2 aromatic heterocycles. The summed E-state index contributed by atoms with van der Waals surface area (Å²) in [6, 6.07) is 15.6. The Morgan fingerprint density at radius 2 is 1.84 bits per heavy atom. The van der Waals surface area contributed by atoms with Crippen molar-refractivity contribution in [3.8, 4) is 0 Å². The molecule has 0 aliphatic carbocycles. The van der Waals surface area contributed by atoms with Crippen LogP contribution in [0.5, 0.6) is 0 Å². The highest BCUT2D eigenvalue weighted by molar-refractivity contribution is 6.39. The summed E-state index contributed by atoms with van der Waals surface area (Å²) in [6.45, 7) is 6.86. The van der Waals surface area contributed by atoms with Crippen LogP contribution in [0.4, 0.5) is 5.69 Å². The maximum atomic E-state index is 13.4. The average molecular weight is 450 g/mol. The Morgan fingerprint density at radius 3 is 2.62 bits per heavy atom. The third-order valence-corrected chi connectivity index (χ3v) is 6.08. The monoisotopic (exact) mass is 449 g/mol. The summed E-state index contributed by atoms with van der Waals surface area (Å²) in [5.74, 6) is -0.423. The number of halogens is 1. The Balaban J connectivity index is 1.49. The number of hydrogen-bond donors (Lipinski definition) is 0. The smallest absolute Gasteiger partial charge is 0.326 e. The Kier molecular flexibility index (Phi) is 4.78. The molecule has 1 aliphatic heterocycles. The second kappa shape index (κ2) is 7.41. The lowest BCUT2D eigenvalue weighted by Gasteiger charge is -2.29. The van der Waals surface area contributed by atoms with E-state index in [4.69, 9.17) is 16.3 Å². The predicted octanol–water partition coefficient (Wildman–Crippen LogP) is 5.25. The minimum absolute atomic E-state index is 0.109. The van der Waals surface area contributed by atoms with Gasteiger partial charge in [-0.05, 0) is 50.4 Å². The van der Waals surface area contributed by atoms with E-state index in [-0.39, 0.29) is 18.4 Å². The van der Waals surface area contributed by atoms with Gasteiger partial charge in [-0.15, -0.1) is 0 Å². The molecule has 4 aromatic rings. The van der Waals surface area contributed by atoms with Gasteiger partial charge < -0.3 is 18.8 Å². The maximum Gasteiger partial charge on any atom is 0.326 e. The van der Waals surface area contributed by atoms with Crippen LogP contribution in [0.3, 0.4) is 0 Å². The normalized spacial score (nSPS) is 14.2. The van der Waals surface area contributed by atoms with E-state index in [1.165, 1.54) is 0 Å². The van der Waals surface area contributed by atoms with Gasteiger partial charge in [0.25, 0.3) is 5.91 Å². The van der Waals surface area contributed by atoms with Gasteiger partial charge in [-0.3, -0.25) is 9.59 Å². The molecule has 0 N–H and O–H groups in total. The number of fused-ring (bicyclic) bond motifs is 4. The summed E-state index contributed by atoms with van der Waals surface area (Å²) in [4.78, 5) is 27.5. The molecule has 3 heterocycles. The zero-order valence-corrected chi connectivity index (χ0v) is 19.0. The molecule has 6 nitrogen and oxygen atoms in total. The molecule has 1 aliphatic rings. The Morgan fingerprint density at radius 1 is 1.06 bits per heavy atom. The molecule has 0 spiro atoms. The van der Waals surface area contributed by atoms with Crippen LogP contribution in [0, 0.1) is 0 Å². The van der Waals surface area contributed by atoms with Crippen LogP contribution in [-0.2, 0) is 22.6 Å². The minimum atomic E-state index is -0.539. The summed E-state index contributed by atoms with van der Waals surface area (Å²) >= 11 is 6.61. The molecule has 7 heteroatoms. The van der Waals surface area contributed by atoms with Crippen molar-refractivity contribution in [1.29, 1.82) is 0 Å². The number of carbonyl (C=O) groups excluding carboxylic acids is 2. The highest BCUT2D eigenvalue weighted by Gasteiger charge is 2.31. The van der Waals surface area contributed by atoms with E-state index in [0.717, 1.165) is 27.5 Å². The first-order valence-electron chi connectivity index (χ1n) is 10.6. The number of rotatable bonds is 3. The number of hydrogen-bond acceptors (Lipinski definition) is 3. The first-order chi connectivity index (χ1) is 15.2. The SMILES string of the molecule is CC(C)(C)OC(=O)Cn1ccc2ccc(N3CCn4c(c(Cl)c5ccccc54)C3=O)cc21. The number of anilines is 1. The lowest BCUT2D eigenvalue weighted by Crippen LogP contribution is -2.40. The molecule has 0 unspecified atom stereocenters. The first-order valence-corrected chi connectivity index (χ1v) is 11.0. The molecule has 0 bridgehead atoms. The van der Waals surface area contributed by atoms with Gasteiger partial charge in [0.05, 0.1) is 16.1 Å². The van der Waals surface area contributed by atoms with E-state index in [0.29, 0.717) is 23.8 Å². The summed E-state index contributed by atoms with van der Waals surface area (Å²) in [7, 11) is 0. The fourth-order valence-corrected chi connectivity index (χ4v) is 4.71. The number of nitrogens with zero attached hydrogens (tertiary/aromatic N) is 3. The van der Waals surface area contributed by atoms with E-state index in [1.807, 2.05) is 84.6 Å². The quantitative estimate of drug-likeness (QED) is 0.401. The molecular weight excluding hydrogens is 426 g/mol. The van der Waals surface area contributed by atoms with Gasteiger partial charge in [-0.25, -0.2) is 0 Å². The molecular formula is C25H24ClN3O3. The molecule has 0 atom stereocenters. The van der Waals surface area contributed by atoms with Crippen LogP contribution in [0.25, 0.3) is 21.8 Å². The Labute approximate surface area is 190 Å². The molecule has 2 aromatic carbocycles. The molecule has 32 heavy (non-hydrogen) atoms. The highest BCUT2D eigenvalue weighted by atomic mass is 35.5. The summed E-state index contributed by atoms with van der Waals surface area (Å²) in [6.07, 6.45) is 1.87. The van der Waals surface area contributed by atoms with Gasteiger partial charge in [0.1, 0.15) is 17.8 Å². The number of amides is 1. The van der Waals surface area contributed by atoms with E-state index < -0.39 is 5.60 Å². The van der Waals surface area contributed by atoms with Crippen molar-refractivity contribution < 1.29 is 14.3 Å². The maximum absolute atomic E-state index is 13.4. The third-order valence-electron chi connectivity index (χ3n) is 5.69. The van der Waals surface area contributed by atoms with Crippen molar-refractivity contribution in [1.82, 2.24) is 9.13 Å². The largest absolute Gasteiger partial charge is 0.459 e. The summed E-state index contributed by atoms with van der Waals surface area (Å²) < 4.78 is 9.32. The van der Waals surface area contributed by atoms with Crippen LogP contribution in [0.2, 0.25) is 5.02 Å². The Bertz CT molecular complexity index is 1380. The van der Waals surface area contributed by atoms with Gasteiger partial charge in [0.2, 0.25) is 0 Å². The molecule has 1 amide bonds. The highest BCUT2D eigenvalue weighted by Crippen LogP contribution is 2.35. The fraction of sp³-hybridized carbons (Fsp3) is 0.280. The lowest BCUT2D eigenvalue weighted by atomic mass is 10.2. The van der Waals surface area contributed by atoms with Crippen molar-refractivity contribution in [2.45, 2.75) is 39.5 Å². The summed E-state index contributed by atoms with van der Waals surface area (Å²) in [5.41, 5.74) is 2.60. The van der Waals surface area contributed by atoms with Crippen LogP contribution < -0.4 is 4.90 Å². The van der Waals surface area contributed by atoms with E-state index >= 15 is 0 Å². The predicted molar refractivity (Wildman–Crippen MR) is 126 cm³/mol. The van der Waals surface area contributed by atoms with E-state index in [2.05, 4.69) is 0 Å². The average Bonchev–Trinajstić information content (AvgIpc) is 3.26. The van der Waals surface area contributed by atoms with Gasteiger partial charge in [-0.1, -0.05) is 35.9 Å².